The van der Waals surface area contributed by atoms with Crippen molar-refractivity contribution in [3.63, 3.8) is 0 Å². The molecular formula is C26H32O8. The lowest BCUT2D eigenvalue weighted by Crippen LogP contribution is -2.52. The summed E-state index contributed by atoms with van der Waals surface area (Å²) in [4.78, 5) is 37.7. The van der Waals surface area contributed by atoms with Crippen LogP contribution in [-0.2, 0) is 33.3 Å². The van der Waals surface area contributed by atoms with Crippen molar-refractivity contribution in [2.24, 2.45) is 11.8 Å². The first-order chi connectivity index (χ1) is 16.2. The lowest BCUT2D eigenvalue weighted by atomic mass is 9.84. The second kappa shape index (κ2) is 9.31. The maximum atomic E-state index is 12.6. The predicted octanol–water partition coefficient (Wildman–Crippen LogP) is 4.67. The second-order valence-corrected chi connectivity index (χ2v) is 9.73. The third-order valence-corrected chi connectivity index (χ3v) is 7.31. The molecule has 2 heterocycles. The summed E-state index contributed by atoms with van der Waals surface area (Å²) in [5.74, 6) is -4.85. The van der Waals surface area contributed by atoms with Gasteiger partial charge in [-0.05, 0) is 44.8 Å². The largest absolute Gasteiger partial charge is 0.480 e. The number of hydrogen-bond donors (Lipinski definition) is 1. The Morgan fingerprint density at radius 3 is 1.91 bits per heavy atom. The van der Waals surface area contributed by atoms with Gasteiger partial charge in [0.05, 0.1) is 0 Å². The van der Waals surface area contributed by atoms with Gasteiger partial charge in [-0.1, -0.05) is 44.4 Å². The molecule has 4 aliphatic rings. The quantitative estimate of drug-likeness (QED) is 0.273. The molecule has 1 N–H and O–H groups in total. The number of aliphatic hydroxyl groups excluding tert-OH is 1. The number of ether oxygens (including phenoxy) is 4. The van der Waals surface area contributed by atoms with Crippen LogP contribution in [0.1, 0.15) is 72.1 Å². The first-order valence-electron chi connectivity index (χ1n) is 12.0. The van der Waals surface area contributed by atoms with E-state index in [-0.39, 0.29) is 23.0 Å². The van der Waals surface area contributed by atoms with Crippen molar-refractivity contribution in [3.05, 3.63) is 47.0 Å². The van der Waals surface area contributed by atoms with Crippen molar-refractivity contribution in [2.75, 3.05) is 0 Å². The van der Waals surface area contributed by atoms with Gasteiger partial charge in [-0.25, -0.2) is 14.4 Å². The van der Waals surface area contributed by atoms with Crippen LogP contribution in [0.25, 0.3) is 0 Å². The highest BCUT2D eigenvalue weighted by molar-refractivity contribution is 6.15. The number of carbonyl (C=O) groups is 3. The molecule has 3 fully saturated rings. The van der Waals surface area contributed by atoms with Crippen molar-refractivity contribution in [1.82, 2.24) is 0 Å². The van der Waals surface area contributed by atoms with Crippen LogP contribution >= 0.6 is 0 Å². The van der Waals surface area contributed by atoms with Gasteiger partial charge in [-0.15, -0.1) is 0 Å². The Morgan fingerprint density at radius 1 is 0.853 bits per heavy atom. The molecule has 184 valence electrons. The standard InChI is InChI=1S/C26H32O8/c1-16(10-12-19-21(27)31-25(32-22(19)28)14-6-4-8-17(25)2)11-13-20-23(29)33-26(34-24(20)30)15-7-5-9-18(26)3/h10-13,17-18,27H,4-9,14-15H2,1-3H3. The molecule has 3 unspecified atom stereocenters. The molecule has 0 amide bonds. The normalized spacial score (nSPS) is 34.7. The summed E-state index contributed by atoms with van der Waals surface area (Å²) >= 11 is 0. The fraction of sp³-hybridized carbons (Fsp3) is 0.577. The molecular weight excluding hydrogens is 440 g/mol. The maximum absolute atomic E-state index is 12.6. The lowest BCUT2D eigenvalue weighted by molar-refractivity contribution is -0.269. The van der Waals surface area contributed by atoms with E-state index in [2.05, 4.69) is 0 Å². The zero-order valence-electron chi connectivity index (χ0n) is 19.9. The van der Waals surface area contributed by atoms with Crippen LogP contribution in [0.3, 0.4) is 0 Å². The molecule has 0 aromatic heterocycles. The molecule has 2 saturated carbocycles. The zero-order chi connectivity index (χ0) is 24.5. The Bertz CT molecular complexity index is 980. The summed E-state index contributed by atoms with van der Waals surface area (Å²) in [5, 5.41) is 10.4. The van der Waals surface area contributed by atoms with E-state index in [4.69, 9.17) is 18.9 Å². The highest BCUT2D eigenvalue weighted by Crippen LogP contribution is 2.43. The Hall–Kier alpha value is -3.03. The van der Waals surface area contributed by atoms with E-state index in [1.165, 1.54) is 18.2 Å². The fourth-order valence-electron chi connectivity index (χ4n) is 5.01. The number of allylic oxidation sites excluding steroid dienone is 4. The molecule has 1 saturated heterocycles. The summed E-state index contributed by atoms with van der Waals surface area (Å²) in [6.07, 6.45) is 12.3. The zero-order valence-corrected chi connectivity index (χ0v) is 19.9. The predicted molar refractivity (Wildman–Crippen MR) is 121 cm³/mol. The van der Waals surface area contributed by atoms with Gasteiger partial charge in [-0.3, -0.25) is 0 Å². The monoisotopic (exact) mass is 472 g/mol. The van der Waals surface area contributed by atoms with Crippen LogP contribution in [0.2, 0.25) is 0 Å². The van der Waals surface area contributed by atoms with Crippen LogP contribution in [0, 0.1) is 11.8 Å². The molecule has 0 bridgehead atoms. The van der Waals surface area contributed by atoms with Crippen molar-refractivity contribution < 1.29 is 38.4 Å². The van der Waals surface area contributed by atoms with Gasteiger partial charge in [0.25, 0.3) is 17.5 Å². The van der Waals surface area contributed by atoms with E-state index in [9.17, 15) is 19.5 Å². The molecule has 2 spiro atoms. The van der Waals surface area contributed by atoms with E-state index < -0.39 is 35.4 Å². The molecule has 3 atom stereocenters. The topological polar surface area (TPSA) is 108 Å². The number of carbonyl (C=O) groups excluding carboxylic acids is 3. The number of aliphatic hydroxyl groups is 1. The molecule has 8 heteroatoms. The highest BCUT2D eigenvalue weighted by Gasteiger charge is 2.51. The van der Waals surface area contributed by atoms with E-state index in [0.717, 1.165) is 38.5 Å². The minimum Gasteiger partial charge on any atom is -0.480 e. The van der Waals surface area contributed by atoms with Crippen molar-refractivity contribution in [1.29, 1.82) is 0 Å². The Kier molecular flexibility index (Phi) is 6.60. The molecule has 2 aliphatic heterocycles. The van der Waals surface area contributed by atoms with E-state index in [0.29, 0.717) is 18.4 Å². The van der Waals surface area contributed by atoms with E-state index in [1.54, 1.807) is 13.0 Å². The summed E-state index contributed by atoms with van der Waals surface area (Å²) in [6.45, 7) is 5.58. The van der Waals surface area contributed by atoms with Crippen molar-refractivity contribution in [2.45, 2.75) is 83.7 Å². The highest BCUT2D eigenvalue weighted by atomic mass is 16.8. The SMILES string of the molecule is CC(C=CC1=C(O)OC2(CCCCC2C)OC1=O)=CC=C1C(=O)OC2(CCCCC2C)OC1=O. The van der Waals surface area contributed by atoms with Gasteiger partial charge in [0.15, 0.2) is 0 Å². The van der Waals surface area contributed by atoms with Crippen LogP contribution in [-0.4, -0.2) is 34.6 Å². The molecule has 0 aromatic rings. The molecule has 4 rings (SSSR count). The van der Waals surface area contributed by atoms with Crippen LogP contribution < -0.4 is 0 Å². The molecule has 0 aromatic carbocycles. The summed E-state index contributed by atoms with van der Waals surface area (Å²) in [7, 11) is 0. The van der Waals surface area contributed by atoms with Crippen LogP contribution in [0.15, 0.2) is 47.0 Å². The average Bonchev–Trinajstić information content (AvgIpc) is 2.77. The molecule has 34 heavy (non-hydrogen) atoms. The Balaban J connectivity index is 1.46. The Labute approximate surface area is 199 Å². The average molecular weight is 473 g/mol. The minimum absolute atomic E-state index is 0.0168. The van der Waals surface area contributed by atoms with Crippen molar-refractivity contribution in [3.8, 4) is 0 Å². The maximum Gasteiger partial charge on any atom is 0.348 e. The smallest absolute Gasteiger partial charge is 0.348 e. The van der Waals surface area contributed by atoms with Gasteiger partial charge in [0.1, 0.15) is 11.1 Å². The fourth-order valence-corrected chi connectivity index (χ4v) is 5.01. The lowest BCUT2D eigenvalue weighted by Gasteiger charge is -2.43. The second-order valence-electron chi connectivity index (χ2n) is 9.73. The summed E-state index contributed by atoms with van der Waals surface area (Å²) in [6, 6.07) is 0. The van der Waals surface area contributed by atoms with E-state index >= 15 is 0 Å². The number of hydrogen-bond acceptors (Lipinski definition) is 8. The summed E-state index contributed by atoms with van der Waals surface area (Å²) < 4.78 is 22.4. The molecule has 8 nitrogen and oxygen atoms in total. The Morgan fingerprint density at radius 2 is 1.38 bits per heavy atom. The first kappa shape index (κ1) is 24.1. The number of rotatable bonds is 3. The molecule has 2 aliphatic carbocycles. The third kappa shape index (κ3) is 4.50. The van der Waals surface area contributed by atoms with Crippen molar-refractivity contribution >= 4 is 17.9 Å². The van der Waals surface area contributed by atoms with Crippen LogP contribution in [0.5, 0.6) is 0 Å². The molecule has 0 radical (unpaired) electrons. The van der Waals surface area contributed by atoms with Crippen LogP contribution in [0.4, 0.5) is 0 Å². The van der Waals surface area contributed by atoms with Gasteiger partial charge in [0, 0.05) is 24.7 Å². The summed E-state index contributed by atoms with van der Waals surface area (Å²) in [5.41, 5.74) is 0.333. The third-order valence-electron chi connectivity index (χ3n) is 7.31. The van der Waals surface area contributed by atoms with Gasteiger partial charge >= 0.3 is 17.9 Å². The van der Waals surface area contributed by atoms with Gasteiger partial charge in [0.2, 0.25) is 0 Å². The minimum atomic E-state index is -1.17. The van der Waals surface area contributed by atoms with Gasteiger partial charge < -0.3 is 24.1 Å². The number of esters is 3. The first-order valence-corrected chi connectivity index (χ1v) is 12.0. The van der Waals surface area contributed by atoms with Gasteiger partial charge in [-0.2, -0.15) is 0 Å². The van der Waals surface area contributed by atoms with E-state index in [1.807, 2.05) is 13.8 Å².